The van der Waals surface area contributed by atoms with Gasteiger partial charge < -0.3 is 9.64 Å². The second-order valence-corrected chi connectivity index (χ2v) is 8.98. The Labute approximate surface area is 159 Å². The largest absolute Gasteiger partial charge is 0.497 e. The first kappa shape index (κ1) is 18.0. The average molecular weight is 386 g/mol. The van der Waals surface area contributed by atoms with Gasteiger partial charge in [-0.15, -0.1) is 0 Å². The molecule has 1 heterocycles. The van der Waals surface area contributed by atoms with Crippen molar-refractivity contribution in [2.75, 3.05) is 13.7 Å². The van der Waals surface area contributed by atoms with Crippen LogP contribution >= 0.6 is 0 Å². The van der Waals surface area contributed by atoms with E-state index in [2.05, 4.69) is 12.1 Å². The number of nitrogens with zero attached hydrogens (tertiary/aromatic N) is 1. The fourth-order valence-electron chi connectivity index (χ4n) is 3.86. The van der Waals surface area contributed by atoms with E-state index < -0.39 is 10.0 Å². The molecule has 27 heavy (non-hydrogen) atoms. The molecule has 6 nitrogen and oxygen atoms in total. The molecule has 2 N–H and O–H groups in total. The molecule has 0 aromatic heterocycles. The number of carbonyl (C=O) groups is 1. The van der Waals surface area contributed by atoms with Crippen molar-refractivity contribution in [3.05, 3.63) is 59.2 Å². The first-order valence-corrected chi connectivity index (χ1v) is 10.4. The van der Waals surface area contributed by atoms with Crippen LogP contribution in [0.5, 0.6) is 5.75 Å². The molecule has 0 atom stereocenters. The predicted octanol–water partition coefficient (Wildman–Crippen LogP) is 1.96. The monoisotopic (exact) mass is 386 g/mol. The van der Waals surface area contributed by atoms with Crippen LogP contribution in [0.1, 0.15) is 29.5 Å². The summed E-state index contributed by atoms with van der Waals surface area (Å²) < 4.78 is 28.1. The molecule has 1 amide bonds. The summed E-state index contributed by atoms with van der Waals surface area (Å²) in [7, 11) is -2.05. The van der Waals surface area contributed by atoms with Crippen molar-refractivity contribution in [3.63, 3.8) is 0 Å². The molecule has 1 spiro atoms. The average Bonchev–Trinajstić information content (AvgIpc) is 3.41. The zero-order valence-electron chi connectivity index (χ0n) is 15.1. The van der Waals surface area contributed by atoms with Crippen LogP contribution in [0.2, 0.25) is 0 Å². The van der Waals surface area contributed by atoms with E-state index in [4.69, 9.17) is 9.88 Å². The van der Waals surface area contributed by atoms with Gasteiger partial charge in [0.2, 0.25) is 15.9 Å². The summed E-state index contributed by atoms with van der Waals surface area (Å²) in [5.41, 5.74) is 3.33. The number of amides is 1. The molecule has 2 aromatic rings. The lowest BCUT2D eigenvalue weighted by Gasteiger charge is -2.35. The first-order valence-electron chi connectivity index (χ1n) is 8.88. The number of nitrogens with two attached hydrogens (primary N) is 1. The van der Waals surface area contributed by atoms with Crippen molar-refractivity contribution >= 4 is 15.9 Å². The number of carbonyl (C=O) groups excluding carboxylic acids is 1. The topological polar surface area (TPSA) is 89.7 Å². The quantitative estimate of drug-likeness (QED) is 0.870. The molecule has 1 aliphatic carbocycles. The Morgan fingerprint density at radius 1 is 1.19 bits per heavy atom. The molecule has 1 saturated carbocycles. The number of methoxy groups -OCH3 is 1. The lowest BCUT2D eigenvalue weighted by molar-refractivity contribution is -0.132. The number of hydrogen-bond donors (Lipinski definition) is 1. The highest BCUT2D eigenvalue weighted by atomic mass is 32.2. The maximum absolute atomic E-state index is 12.9. The Hall–Kier alpha value is -2.38. The molecule has 7 heteroatoms. The van der Waals surface area contributed by atoms with Gasteiger partial charge in [0.15, 0.2) is 0 Å². The van der Waals surface area contributed by atoms with Crippen molar-refractivity contribution in [3.8, 4) is 5.75 Å². The number of benzene rings is 2. The predicted molar refractivity (Wildman–Crippen MR) is 101 cm³/mol. The first-order chi connectivity index (χ1) is 12.8. The van der Waals surface area contributed by atoms with Crippen molar-refractivity contribution in [2.24, 2.45) is 5.14 Å². The van der Waals surface area contributed by atoms with E-state index in [1.807, 2.05) is 11.0 Å². The van der Waals surface area contributed by atoms with Gasteiger partial charge >= 0.3 is 0 Å². The van der Waals surface area contributed by atoms with Crippen molar-refractivity contribution in [1.29, 1.82) is 0 Å². The van der Waals surface area contributed by atoms with Crippen LogP contribution in [0.15, 0.2) is 47.4 Å². The summed E-state index contributed by atoms with van der Waals surface area (Å²) >= 11 is 0. The van der Waals surface area contributed by atoms with Crippen LogP contribution in [0.25, 0.3) is 0 Å². The molecule has 1 aliphatic heterocycles. The molecular formula is C20H22N2O4S. The Balaban J connectivity index is 1.52. The summed E-state index contributed by atoms with van der Waals surface area (Å²) in [5.74, 6) is 0.904. The van der Waals surface area contributed by atoms with Gasteiger partial charge in [-0.1, -0.05) is 18.2 Å². The Morgan fingerprint density at radius 2 is 1.89 bits per heavy atom. The zero-order chi connectivity index (χ0) is 19.2. The van der Waals surface area contributed by atoms with E-state index in [-0.39, 0.29) is 22.6 Å². The highest BCUT2D eigenvalue weighted by molar-refractivity contribution is 7.89. The minimum absolute atomic E-state index is 0.0473. The molecular weight excluding hydrogens is 364 g/mol. The van der Waals surface area contributed by atoms with Crippen LogP contribution in [0, 0.1) is 0 Å². The normalized spacial score (nSPS) is 17.5. The van der Waals surface area contributed by atoms with Crippen LogP contribution in [-0.4, -0.2) is 32.9 Å². The molecule has 0 unspecified atom stereocenters. The maximum atomic E-state index is 12.9. The Bertz CT molecular complexity index is 995. The van der Waals surface area contributed by atoms with E-state index >= 15 is 0 Å². The Kier molecular flexibility index (Phi) is 4.24. The summed E-state index contributed by atoms with van der Waals surface area (Å²) in [6.07, 6.45) is 2.41. The number of sulfonamides is 1. The highest BCUT2D eigenvalue weighted by Crippen LogP contribution is 2.53. The van der Waals surface area contributed by atoms with Gasteiger partial charge in [-0.05, 0) is 53.8 Å². The third-order valence-electron chi connectivity index (χ3n) is 5.56. The van der Waals surface area contributed by atoms with Gasteiger partial charge in [-0.3, -0.25) is 4.79 Å². The number of fused-ring (bicyclic) bond motifs is 2. The minimum atomic E-state index is -3.72. The number of hydrogen-bond acceptors (Lipinski definition) is 4. The van der Waals surface area contributed by atoms with Gasteiger partial charge in [0.25, 0.3) is 0 Å². The van der Waals surface area contributed by atoms with Gasteiger partial charge in [-0.2, -0.15) is 0 Å². The molecule has 2 aliphatic rings. The summed E-state index contributed by atoms with van der Waals surface area (Å²) in [6.45, 7) is 1.32. The number of ether oxygens (including phenoxy) is 1. The smallest absolute Gasteiger partial charge is 0.238 e. The number of rotatable bonds is 4. The minimum Gasteiger partial charge on any atom is -0.497 e. The third kappa shape index (κ3) is 3.44. The Morgan fingerprint density at radius 3 is 2.48 bits per heavy atom. The molecule has 0 bridgehead atoms. The standard InChI is InChI=1S/C20H22N2O4S/c1-26-16-5-4-15-12-22(13-20(8-9-20)18(15)11-16)19(23)10-14-2-6-17(7-3-14)27(21,24)25/h2-7,11H,8-10,12-13H2,1H3,(H2,21,24,25). The van der Waals surface area contributed by atoms with Gasteiger partial charge in [0, 0.05) is 18.5 Å². The summed E-state index contributed by atoms with van der Waals surface area (Å²) in [6, 6.07) is 12.3. The van der Waals surface area contributed by atoms with E-state index in [1.165, 1.54) is 23.3 Å². The van der Waals surface area contributed by atoms with E-state index in [0.717, 1.165) is 30.7 Å². The van der Waals surface area contributed by atoms with Crippen LogP contribution in [-0.2, 0) is 33.2 Å². The molecule has 4 rings (SSSR count). The number of primary sulfonamides is 1. The molecule has 0 saturated heterocycles. The van der Waals surface area contributed by atoms with E-state index in [9.17, 15) is 13.2 Å². The van der Waals surface area contributed by atoms with E-state index in [0.29, 0.717) is 6.54 Å². The lowest BCUT2D eigenvalue weighted by atomic mass is 9.86. The molecule has 0 radical (unpaired) electrons. The zero-order valence-corrected chi connectivity index (χ0v) is 16.0. The lowest BCUT2D eigenvalue weighted by Crippen LogP contribution is -2.42. The van der Waals surface area contributed by atoms with Crippen molar-refractivity contribution in [1.82, 2.24) is 4.90 Å². The van der Waals surface area contributed by atoms with Gasteiger partial charge in [0.1, 0.15) is 5.75 Å². The molecule has 142 valence electrons. The second kappa shape index (κ2) is 6.35. The second-order valence-electron chi connectivity index (χ2n) is 7.42. The molecule has 1 fully saturated rings. The SMILES string of the molecule is COc1ccc2c(c1)C1(CC1)CN(C(=O)Cc1ccc(S(N)(=O)=O)cc1)C2. The summed E-state index contributed by atoms with van der Waals surface area (Å²) in [4.78, 5) is 14.8. The van der Waals surface area contributed by atoms with Crippen LogP contribution in [0.3, 0.4) is 0 Å². The fraction of sp³-hybridized carbons (Fsp3) is 0.350. The van der Waals surface area contributed by atoms with Gasteiger partial charge in [0.05, 0.1) is 18.4 Å². The highest BCUT2D eigenvalue weighted by Gasteiger charge is 2.50. The van der Waals surface area contributed by atoms with Crippen LogP contribution in [0.4, 0.5) is 0 Å². The fourth-order valence-corrected chi connectivity index (χ4v) is 4.38. The summed E-state index contributed by atoms with van der Waals surface area (Å²) in [5, 5.41) is 5.12. The van der Waals surface area contributed by atoms with Crippen LogP contribution < -0.4 is 9.88 Å². The van der Waals surface area contributed by atoms with Gasteiger partial charge in [-0.25, -0.2) is 13.6 Å². The van der Waals surface area contributed by atoms with Crippen molar-refractivity contribution < 1.29 is 17.9 Å². The van der Waals surface area contributed by atoms with Crippen molar-refractivity contribution in [2.45, 2.75) is 36.1 Å². The van der Waals surface area contributed by atoms with E-state index in [1.54, 1.807) is 19.2 Å². The third-order valence-corrected chi connectivity index (χ3v) is 6.49. The molecule has 2 aromatic carbocycles. The maximum Gasteiger partial charge on any atom is 0.238 e.